The molecule has 9 heteroatoms. The molecule has 3 aromatic rings. The SMILES string of the molecule is CC#CC(=O)N1CCCN(CC[N+](C)(CC)c2cc3cc(c2)Nc2nccc(n2)-c2cccc(c2)OCC/C=C/CNC3)CC1. The van der Waals surface area contributed by atoms with Crippen LogP contribution in [0.4, 0.5) is 17.3 Å². The molecule has 1 fully saturated rings. The van der Waals surface area contributed by atoms with E-state index in [1.54, 1.807) is 13.1 Å². The lowest BCUT2D eigenvalue weighted by Gasteiger charge is -2.35. The maximum absolute atomic E-state index is 12.3. The van der Waals surface area contributed by atoms with Gasteiger partial charge in [-0.2, -0.15) is 0 Å². The zero-order valence-corrected chi connectivity index (χ0v) is 26.9. The van der Waals surface area contributed by atoms with Crippen molar-refractivity contribution < 1.29 is 9.53 Å². The molecular formula is C36H46N7O2+. The molecule has 45 heavy (non-hydrogen) atoms. The van der Waals surface area contributed by atoms with E-state index in [4.69, 9.17) is 9.72 Å². The molecule has 5 rings (SSSR count). The summed E-state index contributed by atoms with van der Waals surface area (Å²) in [4.78, 5) is 26.1. The fraction of sp³-hybridized carbons (Fsp3) is 0.417. The van der Waals surface area contributed by atoms with Gasteiger partial charge in [0.25, 0.3) is 5.91 Å². The van der Waals surface area contributed by atoms with E-state index in [0.717, 1.165) is 98.9 Å². The molecule has 2 aliphatic heterocycles. The van der Waals surface area contributed by atoms with E-state index in [9.17, 15) is 4.79 Å². The number of nitrogens with zero attached hydrogens (tertiary/aromatic N) is 5. The summed E-state index contributed by atoms with van der Waals surface area (Å²) < 4.78 is 6.77. The molecule has 3 heterocycles. The number of aromatic nitrogens is 2. The Hall–Kier alpha value is -4.23. The van der Waals surface area contributed by atoms with E-state index in [2.05, 4.69) is 76.7 Å². The number of carbonyl (C=O) groups is 1. The predicted octanol–water partition coefficient (Wildman–Crippen LogP) is 4.83. The predicted molar refractivity (Wildman–Crippen MR) is 182 cm³/mol. The first-order valence-corrected chi connectivity index (χ1v) is 16.1. The molecule has 236 valence electrons. The lowest BCUT2D eigenvalue weighted by atomic mass is 10.1. The highest BCUT2D eigenvalue weighted by atomic mass is 16.5. The lowest BCUT2D eigenvalue weighted by molar-refractivity contribution is -0.125. The van der Waals surface area contributed by atoms with Crippen LogP contribution in [0.5, 0.6) is 5.75 Å². The normalized spacial score (nSPS) is 18.0. The number of likely N-dealkylation sites (N-methyl/N-ethyl adjacent to an activating group) is 1. The van der Waals surface area contributed by atoms with Crippen molar-refractivity contribution in [2.45, 2.75) is 33.2 Å². The Labute approximate surface area is 267 Å². The number of anilines is 2. The van der Waals surface area contributed by atoms with Crippen LogP contribution < -0.4 is 19.9 Å². The van der Waals surface area contributed by atoms with Crippen molar-refractivity contribution in [1.82, 2.24) is 29.6 Å². The standard InChI is InChI=1S/C36H46N7O2/c1-4-11-35(44)42-18-10-17-41(19-20-42)21-22-43(3,5-2)32-25-29-24-31(27-32)39-36-38-16-14-34(40-36)30-12-9-13-33(26-30)45-23-8-6-7-15-37-28-29/h6-7,9,12-14,16,24-27,37H,5,8,10,15,17-23,28H2,1-3H3,(H,38,39,40)/q+1/b7-6+. The number of amides is 1. The van der Waals surface area contributed by atoms with Crippen LogP contribution in [0.1, 0.15) is 32.3 Å². The number of hydrogen-bond donors (Lipinski definition) is 2. The van der Waals surface area contributed by atoms with E-state index in [1.807, 2.05) is 35.2 Å². The van der Waals surface area contributed by atoms with Crippen molar-refractivity contribution in [1.29, 1.82) is 0 Å². The molecular weight excluding hydrogens is 562 g/mol. The van der Waals surface area contributed by atoms with Gasteiger partial charge in [0.1, 0.15) is 11.4 Å². The third kappa shape index (κ3) is 8.92. The highest BCUT2D eigenvalue weighted by Gasteiger charge is 2.26. The number of carbonyl (C=O) groups excluding carboxylic acids is 1. The molecule has 1 amide bonds. The molecule has 9 nitrogen and oxygen atoms in total. The third-order valence-corrected chi connectivity index (χ3v) is 8.67. The summed E-state index contributed by atoms with van der Waals surface area (Å²) in [5.41, 5.74) is 5.24. The van der Waals surface area contributed by atoms with Crippen LogP contribution in [-0.4, -0.2) is 91.7 Å². The van der Waals surface area contributed by atoms with E-state index < -0.39 is 0 Å². The van der Waals surface area contributed by atoms with Crippen molar-refractivity contribution in [3.63, 3.8) is 0 Å². The summed E-state index contributed by atoms with van der Waals surface area (Å²) in [5.74, 6) is 6.77. The Kier molecular flexibility index (Phi) is 11.2. The van der Waals surface area contributed by atoms with E-state index >= 15 is 0 Å². The van der Waals surface area contributed by atoms with Crippen LogP contribution in [0.2, 0.25) is 0 Å². The topological polar surface area (TPSA) is 82.6 Å². The highest BCUT2D eigenvalue weighted by molar-refractivity contribution is 5.93. The van der Waals surface area contributed by atoms with Crippen molar-refractivity contribution in [2.75, 3.05) is 71.3 Å². The van der Waals surface area contributed by atoms with Gasteiger partial charge in [0, 0.05) is 75.4 Å². The highest BCUT2D eigenvalue weighted by Crippen LogP contribution is 2.29. The summed E-state index contributed by atoms with van der Waals surface area (Å²) in [5, 5.41) is 7.08. The number of ether oxygens (including phenoxy) is 1. The number of rotatable bonds is 5. The second-order valence-electron chi connectivity index (χ2n) is 11.8. The average Bonchev–Trinajstić information content (AvgIpc) is 3.31. The van der Waals surface area contributed by atoms with E-state index in [0.29, 0.717) is 12.6 Å². The zero-order chi connectivity index (χ0) is 31.5. The van der Waals surface area contributed by atoms with Crippen molar-refractivity contribution in [2.24, 2.45) is 0 Å². The first-order valence-electron chi connectivity index (χ1n) is 16.1. The Bertz CT molecular complexity index is 1550. The third-order valence-electron chi connectivity index (χ3n) is 8.67. The minimum Gasteiger partial charge on any atom is -0.493 e. The van der Waals surface area contributed by atoms with Gasteiger partial charge in [-0.25, -0.2) is 9.97 Å². The minimum atomic E-state index is -0.0604. The molecule has 1 unspecified atom stereocenters. The van der Waals surface area contributed by atoms with Crippen LogP contribution in [0.15, 0.2) is 66.9 Å². The fourth-order valence-corrected chi connectivity index (χ4v) is 5.78. The van der Waals surface area contributed by atoms with Crippen molar-refractivity contribution in [3.05, 3.63) is 72.4 Å². The van der Waals surface area contributed by atoms with Gasteiger partial charge in [0.2, 0.25) is 5.95 Å². The van der Waals surface area contributed by atoms with Crippen LogP contribution >= 0.6 is 0 Å². The van der Waals surface area contributed by atoms with Gasteiger partial charge < -0.3 is 20.3 Å². The number of benzene rings is 2. The second-order valence-corrected chi connectivity index (χ2v) is 11.8. The molecule has 6 bridgehead atoms. The first-order chi connectivity index (χ1) is 22.0. The molecule has 1 saturated heterocycles. The molecule has 2 aromatic carbocycles. The van der Waals surface area contributed by atoms with Gasteiger partial charge in [-0.05, 0) is 62.4 Å². The van der Waals surface area contributed by atoms with Crippen molar-refractivity contribution >= 4 is 23.2 Å². The largest absolute Gasteiger partial charge is 0.493 e. The fourth-order valence-electron chi connectivity index (χ4n) is 5.78. The number of nitrogens with one attached hydrogen (secondary N) is 2. The van der Waals surface area contributed by atoms with Gasteiger partial charge in [-0.1, -0.05) is 30.2 Å². The van der Waals surface area contributed by atoms with Crippen LogP contribution in [0, 0.1) is 11.8 Å². The maximum atomic E-state index is 12.3. The number of hydrogen-bond acceptors (Lipinski definition) is 7. The molecule has 0 saturated carbocycles. The minimum absolute atomic E-state index is 0.0604. The smallest absolute Gasteiger partial charge is 0.298 e. The Morgan fingerprint density at radius 1 is 1.09 bits per heavy atom. The van der Waals surface area contributed by atoms with Gasteiger partial charge in [0.15, 0.2) is 0 Å². The molecule has 0 radical (unpaired) electrons. The Morgan fingerprint density at radius 3 is 2.87 bits per heavy atom. The zero-order valence-electron chi connectivity index (χ0n) is 26.9. The van der Waals surface area contributed by atoms with E-state index in [-0.39, 0.29) is 5.91 Å². The molecule has 1 atom stereocenters. The Balaban J connectivity index is 1.38. The molecule has 0 aliphatic carbocycles. The number of quaternary nitrogens is 1. The molecule has 2 aliphatic rings. The lowest BCUT2D eigenvalue weighted by Crippen LogP contribution is -2.50. The Morgan fingerprint density at radius 2 is 2.00 bits per heavy atom. The average molecular weight is 609 g/mol. The van der Waals surface area contributed by atoms with Gasteiger partial charge in [0.05, 0.1) is 32.4 Å². The van der Waals surface area contributed by atoms with Gasteiger partial charge >= 0.3 is 0 Å². The summed E-state index contributed by atoms with van der Waals surface area (Å²) in [6, 6.07) is 16.7. The van der Waals surface area contributed by atoms with Crippen molar-refractivity contribution in [3.8, 4) is 28.8 Å². The summed E-state index contributed by atoms with van der Waals surface area (Å²) in [7, 11) is 2.31. The summed E-state index contributed by atoms with van der Waals surface area (Å²) >= 11 is 0. The number of fused-ring (bicyclic) bond motifs is 7. The molecule has 2 N–H and O–H groups in total. The molecule has 1 aromatic heterocycles. The van der Waals surface area contributed by atoms with E-state index in [1.165, 1.54) is 11.3 Å². The maximum Gasteiger partial charge on any atom is 0.298 e. The van der Waals surface area contributed by atoms with Crippen LogP contribution in [0.3, 0.4) is 0 Å². The first kappa shape index (κ1) is 32.2. The monoisotopic (exact) mass is 608 g/mol. The second kappa shape index (κ2) is 15.7. The quantitative estimate of drug-likeness (QED) is 0.244. The molecule has 0 spiro atoms. The summed E-state index contributed by atoms with van der Waals surface area (Å²) in [6.07, 6.45) is 7.94. The summed E-state index contributed by atoms with van der Waals surface area (Å²) in [6.45, 7) is 12.3. The van der Waals surface area contributed by atoms with Crippen LogP contribution in [0.25, 0.3) is 11.3 Å². The van der Waals surface area contributed by atoms with Crippen LogP contribution in [-0.2, 0) is 11.3 Å². The van der Waals surface area contributed by atoms with Gasteiger partial charge in [-0.15, -0.1) is 0 Å². The van der Waals surface area contributed by atoms with Gasteiger partial charge in [-0.3, -0.25) is 14.2 Å².